The Kier molecular flexibility index (Phi) is 10.9. The molecular formula is C28H28BrN3O7. The molecule has 39 heavy (non-hydrogen) atoms. The van der Waals surface area contributed by atoms with Gasteiger partial charge >= 0.3 is 5.97 Å². The molecule has 0 aliphatic rings. The summed E-state index contributed by atoms with van der Waals surface area (Å²) in [5, 5.41) is 6.45. The third-order valence-corrected chi connectivity index (χ3v) is 5.68. The van der Waals surface area contributed by atoms with E-state index >= 15 is 0 Å². The van der Waals surface area contributed by atoms with Crippen molar-refractivity contribution in [3.05, 3.63) is 81.8 Å². The Hall–Kier alpha value is -4.38. The van der Waals surface area contributed by atoms with Crippen LogP contribution in [0, 0.1) is 0 Å². The van der Waals surface area contributed by atoms with Gasteiger partial charge in [-0.05, 0) is 67.1 Å². The number of halogens is 1. The van der Waals surface area contributed by atoms with Gasteiger partial charge in [-0.3, -0.25) is 9.59 Å². The first kappa shape index (κ1) is 29.2. The second-order valence-corrected chi connectivity index (χ2v) is 8.91. The lowest BCUT2D eigenvalue weighted by atomic mass is 10.2. The van der Waals surface area contributed by atoms with Crippen molar-refractivity contribution in [3.63, 3.8) is 0 Å². The van der Waals surface area contributed by atoms with Gasteiger partial charge < -0.3 is 24.3 Å². The van der Waals surface area contributed by atoms with Crippen LogP contribution in [0.4, 0.5) is 0 Å². The average Bonchev–Trinajstić information content (AvgIpc) is 2.95. The van der Waals surface area contributed by atoms with Gasteiger partial charge in [0.25, 0.3) is 11.8 Å². The first-order chi connectivity index (χ1) is 18.8. The Morgan fingerprint density at radius 2 is 1.59 bits per heavy atom. The molecule has 3 aromatic rings. The number of rotatable bonds is 12. The van der Waals surface area contributed by atoms with Crippen molar-refractivity contribution in [1.82, 2.24) is 10.7 Å². The fourth-order valence-electron chi connectivity index (χ4n) is 3.23. The van der Waals surface area contributed by atoms with Crippen molar-refractivity contribution in [2.24, 2.45) is 5.10 Å². The van der Waals surface area contributed by atoms with Gasteiger partial charge in [0.1, 0.15) is 11.5 Å². The van der Waals surface area contributed by atoms with Crippen LogP contribution in [0.3, 0.4) is 0 Å². The topological polar surface area (TPSA) is 125 Å². The molecule has 0 aliphatic heterocycles. The molecule has 0 bridgehead atoms. The second-order valence-electron chi connectivity index (χ2n) is 7.99. The van der Waals surface area contributed by atoms with Crippen molar-refractivity contribution >= 4 is 39.9 Å². The van der Waals surface area contributed by atoms with Crippen LogP contribution in [0.25, 0.3) is 0 Å². The van der Waals surface area contributed by atoms with E-state index in [1.165, 1.54) is 26.5 Å². The standard InChI is InChI=1S/C28H28BrN3O7/c1-4-13-38-22-9-5-18(6-10-22)27(34)30-17-26(33)32-31-16-20-14-21(29)8-12-23(20)39-28(35)19-7-11-24(36-2)25(15-19)37-3/h5-12,14-16H,4,13,17H2,1-3H3,(H,30,34)(H,32,33). The minimum absolute atomic E-state index is 0.218. The quantitative estimate of drug-likeness (QED) is 0.138. The first-order valence-electron chi connectivity index (χ1n) is 11.9. The monoisotopic (exact) mass is 597 g/mol. The minimum atomic E-state index is -0.621. The van der Waals surface area contributed by atoms with Gasteiger partial charge in [-0.2, -0.15) is 5.10 Å². The molecule has 0 fully saturated rings. The van der Waals surface area contributed by atoms with Gasteiger partial charge in [0.05, 0.1) is 39.1 Å². The van der Waals surface area contributed by atoms with Crippen molar-refractivity contribution < 1.29 is 33.3 Å². The van der Waals surface area contributed by atoms with E-state index in [1.54, 1.807) is 54.6 Å². The number of amides is 2. The molecule has 0 heterocycles. The zero-order chi connectivity index (χ0) is 28.2. The maximum Gasteiger partial charge on any atom is 0.343 e. The lowest BCUT2D eigenvalue weighted by Crippen LogP contribution is -2.34. The second kappa shape index (κ2) is 14.5. The van der Waals surface area contributed by atoms with Crippen LogP contribution in [-0.4, -0.2) is 51.4 Å². The summed E-state index contributed by atoms with van der Waals surface area (Å²) in [6, 6.07) is 16.3. The number of nitrogens with one attached hydrogen (secondary N) is 2. The predicted molar refractivity (Wildman–Crippen MR) is 149 cm³/mol. The number of ether oxygens (including phenoxy) is 4. The van der Waals surface area contributed by atoms with Crippen LogP contribution < -0.4 is 29.7 Å². The van der Waals surface area contributed by atoms with Crippen LogP contribution in [0.15, 0.2) is 70.2 Å². The van der Waals surface area contributed by atoms with E-state index in [4.69, 9.17) is 18.9 Å². The summed E-state index contributed by atoms with van der Waals surface area (Å²) in [4.78, 5) is 37.2. The maximum atomic E-state index is 12.7. The number of carbonyl (C=O) groups excluding carboxylic acids is 3. The number of hydrazone groups is 1. The van der Waals surface area contributed by atoms with E-state index in [0.717, 1.165) is 6.42 Å². The molecule has 11 heteroatoms. The Labute approximate surface area is 234 Å². The van der Waals surface area contributed by atoms with Gasteiger partial charge in [0.2, 0.25) is 0 Å². The summed E-state index contributed by atoms with van der Waals surface area (Å²) < 4.78 is 22.2. The molecule has 3 aromatic carbocycles. The molecule has 0 radical (unpaired) electrons. The summed E-state index contributed by atoms with van der Waals surface area (Å²) in [6.45, 7) is 2.31. The summed E-state index contributed by atoms with van der Waals surface area (Å²) >= 11 is 3.37. The normalized spacial score (nSPS) is 10.6. The molecule has 3 rings (SSSR count). The molecule has 0 aliphatic carbocycles. The highest BCUT2D eigenvalue weighted by Gasteiger charge is 2.15. The van der Waals surface area contributed by atoms with Crippen molar-refractivity contribution in [2.75, 3.05) is 27.4 Å². The molecule has 0 spiro atoms. The largest absolute Gasteiger partial charge is 0.494 e. The minimum Gasteiger partial charge on any atom is -0.494 e. The highest BCUT2D eigenvalue weighted by molar-refractivity contribution is 9.10. The van der Waals surface area contributed by atoms with E-state index < -0.39 is 17.8 Å². The fraction of sp³-hybridized carbons (Fsp3) is 0.214. The van der Waals surface area contributed by atoms with E-state index in [1.807, 2.05) is 6.92 Å². The number of carbonyl (C=O) groups is 3. The van der Waals surface area contributed by atoms with Crippen molar-refractivity contribution in [3.8, 4) is 23.0 Å². The van der Waals surface area contributed by atoms with E-state index in [9.17, 15) is 14.4 Å². The van der Waals surface area contributed by atoms with Crippen LogP contribution >= 0.6 is 15.9 Å². The molecule has 204 valence electrons. The Balaban J connectivity index is 1.57. The van der Waals surface area contributed by atoms with E-state index in [2.05, 4.69) is 31.8 Å². The lowest BCUT2D eigenvalue weighted by Gasteiger charge is -2.11. The number of esters is 1. The number of benzene rings is 3. The maximum absolute atomic E-state index is 12.7. The Bertz CT molecular complexity index is 1340. The third-order valence-electron chi connectivity index (χ3n) is 5.19. The predicted octanol–water partition coefficient (Wildman–Crippen LogP) is 4.35. The summed E-state index contributed by atoms with van der Waals surface area (Å²) in [7, 11) is 2.97. The Morgan fingerprint density at radius 1 is 0.897 bits per heavy atom. The number of nitrogens with zero attached hydrogens (tertiary/aromatic N) is 1. The molecule has 0 saturated carbocycles. The van der Waals surface area contributed by atoms with Gasteiger partial charge in [-0.1, -0.05) is 22.9 Å². The van der Waals surface area contributed by atoms with Crippen LogP contribution in [0.2, 0.25) is 0 Å². The highest BCUT2D eigenvalue weighted by Crippen LogP contribution is 2.29. The number of hydrogen-bond donors (Lipinski definition) is 2. The molecule has 0 atom stereocenters. The highest BCUT2D eigenvalue weighted by atomic mass is 79.9. The average molecular weight is 598 g/mol. The van der Waals surface area contributed by atoms with Gasteiger partial charge in [0, 0.05) is 15.6 Å². The lowest BCUT2D eigenvalue weighted by molar-refractivity contribution is -0.120. The van der Waals surface area contributed by atoms with Gasteiger partial charge in [0.15, 0.2) is 11.5 Å². The third kappa shape index (κ3) is 8.57. The Morgan fingerprint density at radius 3 is 2.28 bits per heavy atom. The first-order valence-corrected chi connectivity index (χ1v) is 12.7. The van der Waals surface area contributed by atoms with Crippen molar-refractivity contribution in [2.45, 2.75) is 13.3 Å². The zero-order valence-corrected chi connectivity index (χ0v) is 23.2. The SMILES string of the molecule is CCCOc1ccc(C(=O)NCC(=O)NN=Cc2cc(Br)ccc2OC(=O)c2ccc(OC)c(OC)c2)cc1. The number of methoxy groups -OCH3 is 2. The van der Waals surface area contributed by atoms with Crippen LogP contribution in [0.1, 0.15) is 39.6 Å². The molecule has 0 saturated heterocycles. The van der Waals surface area contributed by atoms with E-state index in [-0.39, 0.29) is 17.9 Å². The molecule has 2 amide bonds. The number of hydrogen-bond acceptors (Lipinski definition) is 8. The van der Waals surface area contributed by atoms with Crippen LogP contribution in [-0.2, 0) is 4.79 Å². The zero-order valence-electron chi connectivity index (χ0n) is 21.7. The van der Waals surface area contributed by atoms with Crippen molar-refractivity contribution in [1.29, 1.82) is 0 Å². The molecule has 0 aromatic heterocycles. The molecular weight excluding hydrogens is 570 g/mol. The van der Waals surface area contributed by atoms with Gasteiger partial charge in [-0.15, -0.1) is 0 Å². The summed E-state index contributed by atoms with van der Waals surface area (Å²) in [6.07, 6.45) is 2.21. The fourth-order valence-corrected chi connectivity index (χ4v) is 3.61. The van der Waals surface area contributed by atoms with Crippen LogP contribution in [0.5, 0.6) is 23.0 Å². The molecule has 0 unspecified atom stereocenters. The summed E-state index contributed by atoms with van der Waals surface area (Å²) in [5.41, 5.74) is 3.41. The smallest absolute Gasteiger partial charge is 0.343 e. The summed E-state index contributed by atoms with van der Waals surface area (Å²) in [5.74, 6) is 0.181. The molecule has 10 nitrogen and oxygen atoms in total. The van der Waals surface area contributed by atoms with E-state index in [0.29, 0.717) is 39.5 Å². The molecule has 2 N–H and O–H groups in total. The van der Waals surface area contributed by atoms with Gasteiger partial charge in [-0.25, -0.2) is 10.2 Å².